The lowest BCUT2D eigenvalue weighted by atomic mass is 9.94. The molecule has 0 spiro atoms. The quantitative estimate of drug-likeness (QED) is 0.184. The minimum atomic E-state index is -0.867. The summed E-state index contributed by atoms with van der Waals surface area (Å²) in [5.74, 6) is -1.08. The molecule has 6 nitrogen and oxygen atoms in total. The molecular formula is C29H25ClN2O4. The molecule has 182 valence electrons. The molecule has 1 fully saturated rings. The average molecular weight is 501 g/mol. The third kappa shape index (κ3) is 3.84. The summed E-state index contributed by atoms with van der Waals surface area (Å²) in [5.41, 5.74) is 3.41. The second kappa shape index (κ2) is 9.21. The van der Waals surface area contributed by atoms with E-state index in [1.807, 2.05) is 48.5 Å². The SMILES string of the molecule is COc1ccc(Cl)c(/C(O)=C2\C(=O)C(=O)N(c3ccc(C(C)C)cc3)C2c2c[nH]c3ccccc23)c1. The number of rotatable bonds is 5. The Balaban J connectivity index is 1.76. The van der Waals surface area contributed by atoms with Crippen molar-refractivity contribution in [3.8, 4) is 5.75 Å². The van der Waals surface area contributed by atoms with E-state index in [4.69, 9.17) is 16.3 Å². The van der Waals surface area contributed by atoms with Gasteiger partial charge >= 0.3 is 0 Å². The van der Waals surface area contributed by atoms with Crippen LogP contribution in [0.2, 0.25) is 5.02 Å². The Morgan fingerprint density at radius 1 is 1.06 bits per heavy atom. The van der Waals surface area contributed by atoms with Crippen molar-refractivity contribution >= 4 is 45.6 Å². The minimum Gasteiger partial charge on any atom is -0.507 e. The number of nitrogens with zero attached hydrogens (tertiary/aromatic N) is 1. The number of H-pyrrole nitrogens is 1. The number of methoxy groups -OCH3 is 1. The number of aliphatic hydroxyl groups excluding tert-OH is 1. The topological polar surface area (TPSA) is 82.6 Å². The maximum atomic E-state index is 13.5. The largest absolute Gasteiger partial charge is 0.507 e. The number of ketones is 1. The highest BCUT2D eigenvalue weighted by molar-refractivity contribution is 6.52. The number of ether oxygens (including phenoxy) is 1. The maximum absolute atomic E-state index is 13.5. The number of halogens is 1. The number of aromatic nitrogens is 1. The molecule has 1 aromatic heterocycles. The van der Waals surface area contributed by atoms with E-state index in [0.29, 0.717) is 22.9 Å². The highest BCUT2D eigenvalue weighted by Crippen LogP contribution is 2.45. The lowest BCUT2D eigenvalue weighted by Crippen LogP contribution is -2.29. The third-order valence-electron chi connectivity index (χ3n) is 6.63. The molecule has 1 aliphatic rings. The number of aliphatic hydroxyl groups is 1. The molecule has 0 bridgehead atoms. The van der Waals surface area contributed by atoms with Gasteiger partial charge in [-0.25, -0.2) is 0 Å². The first-order chi connectivity index (χ1) is 17.3. The van der Waals surface area contributed by atoms with Crippen molar-refractivity contribution in [3.63, 3.8) is 0 Å². The summed E-state index contributed by atoms with van der Waals surface area (Å²) in [5, 5.41) is 12.5. The van der Waals surface area contributed by atoms with Gasteiger partial charge in [0.15, 0.2) is 0 Å². The molecular weight excluding hydrogens is 476 g/mol. The van der Waals surface area contributed by atoms with Crippen LogP contribution in [0.1, 0.15) is 42.5 Å². The fourth-order valence-electron chi connectivity index (χ4n) is 4.69. The highest BCUT2D eigenvalue weighted by atomic mass is 35.5. The molecule has 3 aromatic carbocycles. The molecule has 2 N–H and O–H groups in total. The van der Waals surface area contributed by atoms with E-state index >= 15 is 0 Å². The van der Waals surface area contributed by atoms with E-state index in [0.717, 1.165) is 16.5 Å². The van der Waals surface area contributed by atoms with Gasteiger partial charge in [-0.3, -0.25) is 14.5 Å². The first-order valence-electron chi connectivity index (χ1n) is 11.6. The molecule has 1 saturated heterocycles. The Labute approximate surface area is 213 Å². The van der Waals surface area contributed by atoms with Crippen molar-refractivity contribution < 1.29 is 19.4 Å². The van der Waals surface area contributed by atoms with Gasteiger partial charge in [0.25, 0.3) is 11.7 Å². The van der Waals surface area contributed by atoms with E-state index in [-0.39, 0.29) is 21.9 Å². The molecule has 0 radical (unpaired) electrons. The first-order valence-corrected chi connectivity index (χ1v) is 12.0. The molecule has 2 heterocycles. The van der Waals surface area contributed by atoms with Crippen LogP contribution in [0.3, 0.4) is 0 Å². The number of carbonyl (C=O) groups is 2. The molecule has 0 saturated carbocycles. The van der Waals surface area contributed by atoms with Crippen LogP contribution in [0.4, 0.5) is 5.69 Å². The fraction of sp³-hybridized carbons (Fsp3) is 0.172. The number of anilines is 1. The second-order valence-corrected chi connectivity index (χ2v) is 9.46. The summed E-state index contributed by atoms with van der Waals surface area (Å²) >= 11 is 6.41. The van der Waals surface area contributed by atoms with Gasteiger partial charge in [0, 0.05) is 33.9 Å². The number of para-hydroxylation sites is 1. The van der Waals surface area contributed by atoms with Gasteiger partial charge in [-0.1, -0.05) is 55.8 Å². The van der Waals surface area contributed by atoms with E-state index in [9.17, 15) is 14.7 Å². The lowest BCUT2D eigenvalue weighted by molar-refractivity contribution is -0.132. The summed E-state index contributed by atoms with van der Waals surface area (Å²) in [4.78, 5) is 31.6. The summed E-state index contributed by atoms with van der Waals surface area (Å²) in [6.07, 6.45) is 1.77. The van der Waals surface area contributed by atoms with Crippen molar-refractivity contribution in [2.45, 2.75) is 25.8 Å². The van der Waals surface area contributed by atoms with Gasteiger partial charge in [0.05, 0.1) is 23.7 Å². The minimum absolute atomic E-state index is 0.0344. The van der Waals surface area contributed by atoms with Crippen molar-refractivity contribution in [1.82, 2.24) is 4.98 Å². The summed E-state index contributed by atoms with van der Waals surface area (Å²) in [7, 11) is 1.50. The van der Waals surface area contributed by atoms with Gasteiger partial charge in [-0.2, -0.15) is 0 Å². The number of amides is 1. The number of Topliss-reactive ketones (excluding diaryl/α,β-unsaturated/α-hetero) is 1. The highest BCUT2D eigenvalue weighted by Gasteiger charge is 2.48. The normalized spacial score (nSPS) is 17.4. The van der Waals surface area contributed by atoms with Gasteiger partial charge in [-0.05, 0) is 47.9 Å². The number of fused-ring (bicyclic) bond motifs is 1. The predicted molar refractivity (Wildman–Crippen MR) is 142 cm³/mol. The zero-order chi connectivity index (χ0) is 25.6. The number of carbonyl (C=O) groups excluding carboxylic acids is 2. The van der Waals surface area contributed by atoms with Crippen LogP contribution in [0.25, 0.3) is 16.7 Å². The summed E-state index contributed by atoms with van der Waals surface area (Å²) in [6, 6.07) is 19.1. The van der Waals surface area contributed by atoms with Crippen LogP contribution in [-0.4, -0.2) is 28.9 Å². The Morgan fingerprint density at radius 2 is 1.78 bits per heavy atom. The van der Waals surface area contributed by atoms with E-state index in [1.54, 1.807) is 24.4 Å². The second-order valence-electron chi connectivity index (χ2n) is 9.05. The summed E-state index contributed by atoms with van der Waals surface area (Å²) < 4.78 is 5.29. The molecule has 7 heteroatoms. The molecule has 4 aromatic rings. The lowest BCUT2D eigenvalue weighted by Gasteiger charge is -2.25. The number of nitrogens with one attached hydrogen (secondary N) is 1. The Morgan fingerprint density at radius 3 is 2.47 bits per heavy atom. The standard InChI is InChI=1S/C29H25ClN2O4/c1-16(2)17-8-10-18(11-9-17)32-26(22-15-31-24-7-5-4-6-20(22)24)25(28(34)29(32)35)27(33)21-14-19(36-3)12-13-23(21)30/h4-16,26,31,33H,1-3H3/b27-25+. The van der Waals surface area contributed by atoms with Crippen LogP contribution in [0.5, 0.6) is 5.75 Å². The number of hydrogen-bond donors (Lipinski definition) is 2. The van der Waals surface area contributed by atoms with E-state index in [1.165, 1.54) is 12.0 Å². The molecule has 1 atom stereocenters. The zero-order valence-electron chi connectivity index (χ0n) is 20.1. The predicted octanol–water partition coefficient (Wildman–Crippen LogP) is 6.58. The molecule has 1 aliphatic heterocycles. The van der Waals surface area contributed by atoms with E-state index < -0.39 is 17.7 Å². The van der Waals surface area contributed by atoms with Gasteiger partial charge in [-0.15, -0.1) is 0 Å². The molecule has 1 unspecified atom stereocenters. The average Bonchev–Trinajstić information content (AvgIpc) is 3.42. The number of aromatic amines is 1. The van der Waals surface area contributed by atoms with Crippen molar-refractivity contribution in [1.29, 1.82) is 0 Å². The fourth-order valence-corrected chi connectivity index (χ4v) is 4.90. The summed E-state index contributed by atoms with van der Waals surface area (Å²) in [6.45, 7) is 4.18. The smallest absolute Gasteiger partial charge is 0.300 e. The van der Waals surface area contributed by atoms with Crippen molar-refractivity contribution in [3.05, 3.63) is 100 Å². The van der Waals surface area contributed by atoms with Crippen molar-refractivity contribution in [2.75, 3.05) is 12.0 Å². The monoisotopic (exact) mass is 500 g/mol. The van der Waals surface area contributed by atoms with Crippen LogP contribution in [-0.2, 0) is 9.59 Å². The van der Waals surface area contributed by atoms with Crippen LogP contribution in [0.15, 0.2) is 78.5 Å². The Bertz CT molecular complexity index is 1520. The molecule has 0 aliphatic carbocycles. The van der Waals surface area contributed by atoms with Crippen molar-refractivity contribution in [2.24, 2.45) is 0 Å². The maximum Gasteiger partial charge on any atom is 0.300 e. The molecule has 36 heavy (non-hydrogen) atoms. The number of hydrogen-bond acceptors (Lipinski definition) is 4. The van der Waals surface area contributed by atoms with Crippen LogP contribution < -0.4 is 9.64 Å². The van der Waals surface area contributed by atoms with Crippen LogP contribution in [0, 0.1) is 0 Å². The molecule has 5 rings (SSSR count). The zero-order valence-corrected chi connectivity index (χ0v) is 20.8. The van der Waals surface area contributed by atoms with Gasteiger partial charge in [0.2, 0.25) is 0 Å². The Kier molecular flexibility index (Phi) is 6.06. The Hall–Kier alpha value is -4.03. The first kappa shape index (κ1) is 23.7. The van der Waals surface area contributed by atoms with E-state index in [2.05, 4.69) is 18.8 Å². The van der Waals surface area contributed by atoms with Gasteiger partial charge in [0.1, 0.15) is 11.5 Å². The number of benzene rings is 3. The molecule has 1 amide bonds. The third-order valence-corrected chi connectivity index (χ3v) is 6.96. The van der Waals surface area contributed by atoms with Gasteiger partial charge < -0.3 is 14.8 Å². The van der Waals surface area contributed by atoms with Crippen LogP contribution >= 0.6 is 11.6 Å².